The molecule has 0 radical (unpaired) electrons. The summed E-state index contributed by atoms with van der Waals surface area (Å²) in [5.74, 6) is 1.55. The zero-order valence-electron chi connectivity index (χ0n) is 13.2. The van der Waals surface area contributed by atoms with Crippen LogP contribution in [0.5, 0.6) is 11.5 Å². The second-order valence-electron chi connectivity index (χ2n) is 5.83. The van der Waals surface area contributed by atoms with Crippen LogP contribution in [0.25, 0.3) is 0 Å². The molecule has 0 spiro atoms. The fourth-order valence-corrected chi connectivity index (χ4v) is 3.04. The molecule has 0 saturated carbocycles. The van der Waals surface area contributed by atoms with Gasteiger partial charge in [0.2, 0.25) is 12.7 Å². The van der Waals surface area contributed by atoms with Crippen LogP contribution in [0, 0.1) is 5.41 Å². The topological polar surface area (TPSA) is 68.8 Å². The van der Waals surface area contributed by atoms with E-state index in [1.54, 1.807) is 7.11 Å². The Balaban J connectivity index is 0.00000192. The van der Waals surface area contributed by atoms with Crippen LogP contribution >= 0.6 is 12.4 Å². The maximum atomic E-state index is 12.6. The third-order valence-electron chi connectivity index (χ3n) is 4.35. The summed E-state index contributed by atoms with van der Waals surface area (Å²) in [6.07, 6.45) is 1.60. The van der Waals surface area contributed by atoms with E-state index in [2.05, 4.69) is 10.6 Å². The summed E-state index contributed by atoms with van der Waals surface area (Å²) in [7, 11) is 1.65. The fraction of sp³-hybridized carbons (Fsp3) is 0.562. The van der Waals surface area contributed by atoms with E-state index >= 15 is 0 Å². The number of carbonyl (C=O) groups excluding carboxylic acids is 1. The number of hydrogen-bond acceptors (Lipinski definition) is 5. The van der Waals surface area contributed by atoms with Crippen LogP contribution in [-0.2, 0) is 16.1 Å². The molecule has 6 nitrogen and oxygen atoms in total. The van der Waals surface area contributed by atoms with Gasteiger partial charge in [0.1, 0.15) is 0 Å². The molecule has 23 heavy (non-hydrogen) atoms. The highest BCUT2D eigenvalue weighted by Gasteiger charge is 2.39. The van der Waals surface area contributed by atoms with Gasteiger partial charge in [-0.2, -0.15) is 0 Å². The van der Waals surface area contributed by atoms with Crippen molar-refractivity contribution in [3.05, 3.63) is 23.8 Å². The van der Waals surface area contributed by atoms with Crippen LogP contribution in [0.15, 0.2) is 18.2 Å². The second-order valence-corrected chi connectivity index (χ2v) is 5.83. The Morgan fingerprint density at radius 1 is 1.30 bits per heavy atom. The van der Waals surface area contributed by atoms with Gasteiger partial charge < -0.3 is 24.8 Å². The number of ether oxygens (including phenoxy) is 3. The molecule has 0 aliphatic carbocycles. The van der Waals surface area contributed by atoms with E-state index in [4.69, 9.17) is 14.2 Å². The molecule has 2 heterocycles. The van der Waals surface area contributed by atoms with Gasteiger partial charge in [0.15, 0.2) is 11.5 Å². The first-order chi connectivity index (χ1) is 10.7. The number of carbonyl (C=O) groups is 1. The van der Waals surface area contributed by atoms with Crippen molar-refractivity contribution in [2.24, 2.45) is 5.41 Å². The van der Waals surface area contributed by atoms with Crippen LogP contribution < -0.4 is 20.1 Å². The first-order valence-corrected chi connectivity index (χ1v) is 7.60. The Morgan fingerprint density at radius 3 is 2.78 bits per heavy atom. The molecule has 3 rings (SSSR count). The lowest BCUT2D eigenvalue weighted by molar-refractivity contribution is -0.136. The van der Waals surface area contributed by atoms with Crippen molar-refractivity contribution in [1.29, 1.82) is 0 Å². The van der Waals surface area contributed by atoms with Crippen LogP contribution in [0.4, 0.5) is 0 Å². The lowest BCUT2D eigenvalue weighted by Crippen LogP contribution is -2.49. The molecule has 0 atom stereocenters. The summed E-state index contributed by atoms with van der Waals surface area (Å²) in [4.78, 5) is 12.6. The maximum Gasteiger partial charge on any atom is 0.231 e. The summed E-state index contributed by atoms with van der Waals surface area (Å²) in [5, 5.41) is 6.33. The maximum absolute atomic E-state index is 12.6. The van der Waals surface area contributed by atoms with E-state index in [1.807, 2.05) is 18.2 Å². The van der Waals surface area contributed by atoms with Gasteiger partial charge in [-0.05, 0) is 43.6 Å². The standard InChI is InChI=1S/C16H22N2O4.ClH/c1-20-10-16(4-6-17-7-5-16)15(19)18-9-12-2-3-13-14(8-12)22-11-21-13;/h2-3,8,17H,4-7,9-11H2,1H3,(H,18,19);1H. The first-order valence-electron chi connectivity index (χ1n) is 7.60. The summed E-state index contributed by atoms with van der Waals surface area (Å²) < 4.78 is 15.9. The Hall–Kier alpha value is -1.50. The van der Waals surface area contributed by atoms with Gasteiger partial charge >= 0.3 is 0 Å². The molecule has 1 aromatic rings. The van der Waals surface area contributed by atoms with Crippen LogP contribution in [-0.4, -0.2) is 39.5 Å². The zero-order valence-corrected chi connectivity index (χ0v) is 14.0. The number of nitrogens with one attached hydrogen (secondary N) is 2. The number of amides is 1. The van der Waals surface area contributed by atoms with Crippen molar-refractivity contribution in [1.82, 2.24) is 10.6 Å². The normalized spacial score (nSPS) is 18.1. The smallest absolute Gasteiger partial charge is 0.231 e. The average molecular weight is 343 g/mol. The molecule has 128 valence electrons. The molecule has 1 amide bonds. The van der Waals surface area contributed by atoms with Gasteiger partial charge in [-0.1, -0.05) is 6.07 Å². The second kappa shape index (κ2) is 7.86. The van der Waals surface area contributed by atoms with Crippen molar-refractivity contribution >= 4 is 18.3 Å². The Labute approximate surface area is 142 Å². The highest BCUT2D eigenvalue weighted by molar-refractivity contribution is 5.85. The van der Waals surface area contributed by atoms with Gasteiger partial charge in [-0.25, -0.2) is 0 Å². The molecule has 2 aliphatic heterocycles. The van der Waals surface area contributed by atoms with Crippen LogP contribution in [0.2, 0.25) is 0 Å². The highest BCUT2D eigenvalue weighted by Crippen LogP contribution is 2.33. The van der Waals surface area contributed by atoms with Crippen molar-refractivity contribution in [3.8, 4) is 11.5 Å². The molecule has 0 unspecified atom stereocenters. The molecule has 7 heteroatoms. The van der Waals surface area contributed by atoms with Crippen LogP contribution in [0.3, 0.4) is 0 Å². The Bertz CT molecular complexity index is 541. The molecule has 1 aromatic carbocycles. The number of benzene rings is 1. The molecule has 0 bridgehead atoms. The molecular weight excluding hydrogens is 320 g/mol. The zero-order chi connectivity index (χ0) is 15.4. The summed E-state index contributed by atoms with van der Waals surface area (Å²) in [6.45, 7) is 2.90. The highest BCUT2D eigenvalue weighted by atomic mass is 35.5. The number of rotatable bonds is 5. The third-order valence-corrected chi connectivity index (χ3v) is 4.35. The van der Waals surface area contributed by atoms with E-state index in [0.29, 0.717) is 13.2 Å². The molecule has 1 saturated heterocycles. The van der Waals surface area contributed by atoms with Crippen molar-refractivity contribution in [3.63, 3.8) is 0 Å². The largest absolute Gasteiger partial charge is 0.454 e. The van der Waals surface area contributed by atoms with Crippen molar-refractivity contribution < 1.29 is 19.0 Å². The van der Waals surface area contributed by atoms with Crippen LogP contribution in [0.1, 0.15) is 18.4 Å². The summed E-state index contributed by atoms with van der Waals surface area (Å²) >= 11 is 0. The number of methoxy groups -OCH3 is 1. The number of hydrogen-bond donors (Lipinski definition) is 2. The van der Waals surface area contributed by atoms with E-state index in [-0.39, 0.29) is 25.1 Å². The monoisotopic (exact) mass is 342 g/mol. The van der Waals surface area contributed by atoms with Gasteiger partial charge in [-0.3, -0.25) is 4.79 Å². The van der Waals surface area contributed by atoms with Gasteiger partial charge in [-0.15, -0.1) is 12.4 Å². The molecule has 0 aromatic heterocycles. The van der Waals surface area contributed by atoms with Crippen molar-refractivity contribution in [2.45, 2.75) is 19.4 Å². The minimum Gasteiger partial charge on any atom is -0.454 e. The van der Waals surface area contributed by atoms with E-state index in [0.717, 1.165) is 43.0 Å². The van der Waals surface area contributed by atoms with Gasteiger partial charge in [0, 0.05) is 13.7 Å². The van der Waals surface area contributed by atoms with E-state index < -0.39 is 5.41 Å². The fourth-order valence-electron chi connectivity index (χ4n) is 3.04. The number of piperidine rings is 1. The Morgan fingerprint density at radius 2 is 2.04 bits per heavy atom. The summed E-state index contributed by atoms with van der Waals surface area (Å²) in [6, 6.07) is 5.73. The lowest BCUT2D eigenvalue weighted by Gasteiger charge is -2.35. The predicted molar refractivity (Wildman–Crippen MR) is 88.1 cm³/mol. The minimum atomic E-state index is -0.420. The Kier molecular flexibility index (Phi) is 6.10. The third kappa shape index (κ3) is 3.88. The number of fused-ring (bicyclic) bond motifs is 1. The number of halogens is 1. The SMILES string of the molecule is COCC1(C(=O)NCc2ccc3c(c2)OCO3)CCNCC1.Cl. The molecule has 2 aliphatic rings. The molecule has 1 fully saturated rings. The quantitative estimate of drug-likeness (QED) is 0.848. The average Bonchev–Trinajstić information content (AvgIpc) is 3.01. The molecule has 2 N–H and O–H groups in total. The molecular formula is C16H23ClN2O4. The van der Waals surface area contributed by atoms with E-state index in [9.17, 15) is 4.79 Å². The summed E-state index contributed by atoms with van der Waals surface area (Å²) in [5.41, 5.74) is 0.579. The predicted octanol–water partition coefficient (Wildman–Crippen LogP) is 1.47. The lowest BCUT2D eigenvalue weighted by atomic mass is 9.78. The van der Waals surface area contributed by atoms with E-state index in [1.165, 1.54) is 0 Å². The minimum absolute atomic E-state index is 0. The van der Waals surface area contributed by atoms with Gasteiger partial charge in [0.25, 0.3) is 0 Å². The first kappa shape index (κ1) is 17.8. The van der Waals surface area contributed by atoms with Gasteiger partial charge in [0.05, 0.1) is 12.0 Å². The van der Waals surface area contributed by atoms with Crippen molar-refractivity contribution in [2.75, 3.05) is 33.6 Å².